The Morgan fingerprint density at radius 2 is 1.90 bits per heavy atom. The minimum Gasteiger partial charge on any atom is -0.393 e. The molecule has 1 aromatic carbocycles. The van der Waals surface area contributed by atoms with Crippen molar-refractivity contribution in [1.82, 2.24) is 4.90 Å². The van der Waals surface area contributed by atoms with E-state index in [1.807, 2.05) is 4.90 Å². The monoisotopic (exact) mass is 275 g/mol. The molecule has 2 aliphatic rings. The van der Waals surface area contributed by atoms with E-state index in [0.717, 1.165) is 12.8 Å². The lowest BCUT2D eigenvalue weighted by atomic mass is 10.00. The summed E-state index contributed by atoms with van der Waals surface area (Å²) in [4.78, 5) is 14.2. The summed E-state index contributed by atoms with van der Waals surface area (Å²) >= 11 is 0. The summed E-state index contributed by atoms with van der Waals surface area (Å²) in [5, 5.41) is 9.73. The first-order valence-electron chi connectivity index (χ1n) is 7.08. The Bertz CT molecular complexity index is 529. The van der Waals surface area contributed by atoms with Gasteiger partial charge in [-0.25, -0.2) is 4.39 Å². The Labute approximate surface area is 117 Å². The molecule has 2 fully saturated rings. The predicted molar refractivity (Wildman–Crippen MR) is 74.3 cm³/mol. The molecule has 0 aliphatic carbocycles. The number of halogens is 1. The number of piperidine rings is 1. The second-order valence-corrected chi connectivity index (χ2v) is 5.61. The fourth-order valence-electron chi connectivity index (χ4n) is 3.37. The van der Waals surface area contributed by atoms with E-state index < -0.39 is 0 Å². The molecule has 2 heterocycles. The van der Waals surface area contributed by atoms with E-state index in [2.05, 4.69) is 0 Å². The maximum atomic E-state index is 13.5. The first kappa shape index (κ1) is 13.3. The molecule has 0 spiro atoms. The van der Waals surface area contributed by atoms with Gasteiger partial charge in [0.2, 0.25) is 5.91 Å². The first-order valence-corrected chi connectivity index (χ1v) is 7.08. The van der Waals surface area contributed by atoms with Crippen LogP contribution in [0.3, 0.4) is 0 Å². The van der Waals surface area contributed by atoms with Crippen LogP contribution in [0.4, 0.5) is 4.39 Å². The molecule has 0 aromatic heterocycles. The van der Waals surface area contributed by atoms with Crippen molar-refractivity contribution in [2.24, 2.45) is 0 Å². The molecule has 106 valence electrons. The van der Waals surface area contributed by atoms with Crippen LogP contribution in [0.1, 0.15) is 31.2 Å². The molecular formula is C16H18FNO2. The third-order valence-corrected chi connectivity index (χ3v) is 4.27. The Kier molecular flexibility index (Phi) is 3.57. The number of rotatable bonds is 2. The summed E-state index contributed by atoms with van der Waals surface area (Å²) < 4.78 is 13.5. The predicted octanol–water partition coefficient (Wildman–Crippen LogP) is 2.35. The summed E-state index contributed by atoms with van der Waals surface area (Å²) in [6, 6.07) is 6.68. The number of amides is 1. The minimum absolute atomic E-state index is 0.0762. The molecule has 0 saturated carbocycles. The van der Waals surface area contributed by atoms with Gasteiger partial charge in [0, 0.05) is 23.7 Å². The molecule has 2 bridgehead atoms. The molecular weight excluding hydrogens is 257 g/mol. The fraction of sp³-hybridized carbons (Fsp3) is 0.438. The van der Waals surface area contributed by atoms with Crippen molar-refractivity contribution in [1.29, 1.82) is 0 Å². The summed E-state index contributed by atoms with van der Waals surface area (Å²) in [6.07, 6.45) is 5.93. The fourth-order valence-corrected chi connectivity index (χ4v) is 3.37. The second kappa shape index (κ2) is 5.37. The molecule has 2 saturated heterocycles. The Balaban J connectivity index is 1.73. The maximum absolute atomic E-state index is 13.5. The molecule has 2 atom stereocenters. The molecule has 0 radical (unpaired) electrons. The van der Waals surface area contributed by atoms with E-state index in [0.29, 0.717) is 18.4 Å². The molecule has 1 amide bonds. The zero-order valence-electron chi connectivity index (χ0n) is 11.2. The lowest BCUT2D eigenvalue weighted by Gasteiger charge is -2.36. The second-order valence-electron chi connectivity index (χ2n) is 5.61. The quantitative estimate of drug-likeness (QED) is 0.842. The lowest BCUT2D eigenvalue weighted by molar-refractivity contribution is -0.131. The van der Waals surface area contributed by atoms with Crippen molar-refractivity contribution in [2.75, 3.05) is 0 Å². The largest absolute Gasteiger partial charge is 0.393 e. The molecule has 1 aromatic rings. The van der Waals surface area contributed by atoms with Crippen LogP contribution in [0.25, 0.3) is 6.08 Å². The summed E-state index contributed by atoms with van der Waals surface area (Å²) in [6.45, 7) is 0. The molecule has 2 aliphatic heterocycles. The normalized spacial score (nSPS) is 29.1. The number of carbonyl (C=O) groups is 1. The van der Waals surface area contributed by atoms with Crippen LogP contribution in [0, 0.1) is 5.82 Å². The van der Waals surface area contributed by atoms with Gasteiger partial charge in [0.05, 0.1) is 6.10 Å². The third kappa shape index (κ3) is 2.48. The third-order valence-electron chi connectivity index (χ3n) is 4.27. The van der Waals surface area contributed by atoms with Crippen LogP contribution in [0.15, 0.2) is 30.3 Å². The maximum Gasteiger partial charge on any atom is 0.247 e. The summed E-state index contributed by atoms with van der Waals surface area (Å²) in [5.41, 5.74) is 0.422. The van der Waals surface area contributed by atoms with Crippen molar-refractivity contribution in [3.8, 4) is 0 Å². The van der Waals surface area contributed by atoms with Crippen molar-refractivity contribution in [2.45, 2.75) is 43.9 Å². The standard InChI is InChI=1S/C16H18FNO2/c17-15-4-2-1-3-11(15)5-8-16(20)18-12-6-7-13(18)10-14(19)9-12/h1-5,8,12-14,19H,6-7,9-10H2. The molecule has 2 unspecified atom stereocenters. The average Bonchev–Trinajstić information content (AvgIpc) is 2.70. The Hall–Kier alpha value is -1.68. The molecule has 3 rings (SSSR count). The minimum atomic E-state index is -0.325. The topological polar surface area (TPSA) is 40.5 Å². The number of hydrogen-bond donors (Lipinski definition) is 1. The van der Waals surface area contributed by atoms with Crippen LogP contribution < -0.4 is 0 Å². The van der Waals surface area contributed by atoms with Gasteiger partial charge in [-0.2, -0.15) is 0 Å². The van der Waals surface area contributed by atoms with E-state index in [1.54, 1.807) is 18.2 Å². The van der Waals surface area contributed by atoms with Crippen LogP contribution in [-0.2, 0) is 4.79 Å². The number of fused-ring (bicyclic) bond motifs is 2. The van der Waals surface area contributed by atoms with Crippen LogP contribution in [0.5, 0.6) is 0 Å². The van der Waals surface area contributed by atoms with E-state index in [4.69, 9.17) is 0 Å². The van der Waals surface area contributed by atoms with Crippen LogP contribution in [-0.4, -0.2) is 34.1 Å². The number of benzene rings is 1. The Morgan fingerprint density at radius 3 is 2.55 bits per heavy atom. The SMILES string of the molecule is O=C(C=Cc1ccccc1F)N1C2CCC1CC(O)C2. The molecule has 1 N–H and O–H groups in total. The highest BCUT2D eigenvalue weighted by Crippen LogP contribution is 2.35. The van der Waals surface area contributed by atoms with Gasteiger partial charge < -0.3 is 10.0 Å². The highest BCUT2D eigenvalue weighted by Gasteiger charge is 2.41. The van der Waals surface area contributed by atoms with Gasteiger partial charge in [-0.15, -0.1) is 0 Å². The van der Waals surface area contributed by atoms with Crippen molar-refractivity contribution in [3.63, 3.8) is 0 Å². The number of carbonyl (C=O) groups excluding carboxylic acids is 1. The number of nitrogens with zero attached hydrogens (tertiary/aromatic N) is 1. The zero-order valence-corrected chi connectivity index (χ0v) is 11.2. The van der Waals surface area contributed by atoms with Gasteiger partial charge in [0.1, 0.15) is 5.82 Å². The van der Waals surface area contributed by atoms with E-state index in [9.17, 15) is 14.3 Å². The lowest BCUT2D eigenvalue weighted by Crippen LogP contribution is -2.47. The number of aliphatic hydroxyl groups is 1. The highest BCUT2D eigenvalue weighted by molar-refractivity contribution is 5.92. The number of hydrogen-bond acceptors (Lipinski definition) is 2. The van der Waals surface area contributed by atoms with Gasteiger partial charge in [0.25, 0.3) is 0 Å². The van der Waals surface area contributed by atoms with E-state index in [1.165, 1.54) is 18.2 Å². The van der Waals surface area contributed by atoms with Gasteiger partial charge in [-0.05, 0) is 37.8 Å². The zero-order chi connectivity index (χ0) is 14.1. The van der Waals surface area contributed by atoms with Crippen molar-refractivity contribution < 1.29 is 14.3 Å². The van der Waals surface area contributed by atoms with Gasteiger partial charge in [-0.1, -0.05) is 18.2 Å². The van der Waals surface area contributed by atoms with E-state index >= 15 is 0 Å². The van der Waals surface area contributed by atoms with Crippen molar-refractivity contribution in [3.05, 3.63) is 41.7 Å². The summed E-state index contributed by atoms with van der Waals surface area (Å²) in [5.74, 6) is -0.402. The molecule has 3 nitrogen and oxygen atoms in total. The molecule has 4 heteroatoms. The van der Waals surface area contributed by atoms with Crippen LogP contribution >= 0.6 is 0 Å². The highest BCUT2D eigenvalue weighted by atomic mass is 19.1. The van der Waals surface area contributed by atoms with Gasteiger partial charge >= 0.3 is 0 Å². The average molecular weight is 275 g/mol. The van der Waals surface area contributed by atoms with Crippen LogP contribution in [0.2, 0.25) is 0 Å². The number of aliphatic hydroxyl groups excluding tert-OH is 1. The van der Waals surface area contributed by atoms with E-state index in [-0.39, 0.29) is 29.9 Å². The van der Waals surface area contributed by atoms with Gasteiger partial charge in [-0.3, -0.25) is 4.79 Å². The summed E-state index contributed by atoms with van der Waals surface area (Å²) in [7, 11) is 0. The Morgan fingerprint density at radius 1 is 1.25 bits per heavy atom. The molecule has 20 heavy (non-hydrogen) atoms. The van der Waals surface area contributed by atoms with Crippen molar-refractivity contribution >= 4 is 12.0 Å². The first-order chi connectivity index (χ1) is 9.65. The van der Waals surface area contributed by atoms with Gasteiger partial charge in [0.15, 0.2) is 0 Å². The smallest absolute Gasteiger partial charge is 0.247 e.